The molecule has 2 N–H and O–H groups in total. The summed E-state index contributed by atoms with van der Waals surface area (Å²) in [6.07, 6.45) is 1.61. The summed E-state index contributed by atoms with van der Waals surface area (Å²) in [7, 11) is 0. The number of hydrogen-bond acceptors (Lipinski definition) is 6. The minimum atomic E-state index is -0.526. The monoisotopic (exact) mass is 392 g/mol. The van der Waals surface area contributed by atoms with Crippen LogP contribution >= 0.6 is 11.3 Å². The van der Waals surface area contributed by atoms with E-state index in [0.29, 0.717) is 16.3 Å². The minimum absolute atomic E-state index is 0.0953. The van der Waals surface area contributed by atoms with Crippen LogP contribution in [0.15, 0.2) is 28.2 Å². The highest BCUT2D eigenvalue weighted by Gasteiger charge is 2.24. The highest BCUT2D eigenvalue weighted by molar-refractivity contribution is 7.15. The molecule has 146 valence electrons. The zero-order valence-electron chi connectivity index (χ0n) is 15.9. The average molecular weight is 392 g/mol. The number of furan rings is 1. The fourth-order valence-corrected chi connectivity index (χ4v) is 3.17. The van der Waals surface area contributed by atoms with Crippen molar-refractivity contribution < 1.29 is 23.5 Å². The number of esters is 1. The lowest BCUT2D eigenvalue weighted by Gasteiger charge is -2.17. The second-order valence-corrected chi connectivity index (χ2v) is 7.74. The van der Waals surface area contributed by atoms with Gasteiger partial charge in [0, 0.05) is 29.3 Å². The van der Waals surface area contributed by atoms with E-state index in [2.05, 4.69) is 10.6 Å². The van der Waals surface area contributed by atoms with Gasteiger partial charge in [-0.3, -0.25) is 9.59 Å². The quantitative estimate of drug-likeness (QED) is 0.701. The van der Waals surface area contributed by atoms with Crippen molar-refractivity contribution in [3.8, 4) is 11.3 Å². The number of thiophene rings is 1. The molecular formula is C19H24N2O5S. The van der Waals surface area contributed by atoms with E-state index in [9.17, 15) is 14.4 Å². The first kappa shape index (κ1) is 20.7. The summed E-state index contributed by atoms with van der Waals surface area (Å²) in [5.41, 5.74) is 0.322. The van der Waals surface area contributed by atoms with Crippen LogP contribution < -0.4 is 10.6 Å². The topological polar surface area (TPSA) is 97.6 Å². The van der Waals surface area contributed by atoms with Crippen LogP contribution in [0.1, 0.15) is 44.5 Å². The fourth-order valence-electron chi connectivity index (χ4n) is 2.21. The Morgan fingerprint density at radius 2 is 2.00 bits per heavy atom. The number of carbonyl (C=O) groups is 3. The number of hydrogen-bond donors (Lipinski definition) is 2. The Balaban J connectivity index is 2.08. The highest BCUT2D eigenvalue weighted by atomic mass is 32.1. The van der Waals surface area contributed by atoms with Gasteiger partial charge in [-0.15, -0.1) is 11.3 Å². The van der Waals surface area contributed by atoms with Crippen molar-refractivity contribution in [3.63, 3.8) is 0 Å². The van der Waals surface area contributed by atoms with Gasteiger partial charge in [0.15, 0.2) is 0 Å². The van der Waals surface area contributed by atoms with E-state index in [-0.39, 0.29) is 37.0 Å². The molecule has 0 unspecified atom stereocenters. The van der Waals surface area contributed by atoms with Crippen molar-refractivity contribution in [2.24, 2.45) is 5.41 Å². The molecule has 0 aromatic carbocycles. The lowest BCUT2D eigenvalue weighted by atomic mass is 9.96. The Labute approximate surface area is 162 Å². The normalized spacial score (nSPS) is 11.1. The van der Waals surface area contributed by atoms with Gasteiger partial charge in [0.25, 0.3) is 0 Å². The predicted molar refractivity (Wildman–Crippen MR) is 104 cm³/mol. The number of anilines is 1. The summed E-state index contributed by atoms with van der Waals surface area (Å²) < 4.78 is 10.5. The average Bonchev–Trinajstić information content (AvgIpc) is 3.23. The van der Waals surface area contributed by atoms with Crippen molar-refractivity contribution in [1.29, 1.82) is 0 Å². The van der Waals surface area contributed by atoms with Crippen molar-refractivity contribution in [2.45, 2.75) is 34.1 Å². The molecule has 7 nitrogen and oxygen atoms in total. The Morgan fingerprint density at radius 3 is 2.59 bits per heavy atom. The largest absolute Gasteiger partial charge is 0.464 e. The van der Waals surface area contributed by atoms with E-state index < -0.39 is 11.4 Å². The first-order valence-electron chi connectivity index (χ1n) is 8.64. The van der Waals surface area contributed by atoms with Gasteiger partial charge in [-0.2, -0.15) is 0 Å². The third-order valence-electron chi connectivity index (χ3n) is 3.63. The second-order valence-electron chi connectivity index (χ2n) is 6.86. The van der Waals surface area contributed by atoms with E-state index in [4.69, 9.17) is 9.15 Å². The standard InChI is InChI=1S/C19H24N2O5S/c1-5-25-17(23)15-12(13-7-6-10-26-13)11-27-16(15)21-14(22)8-9-20-18(24)19(2,3)4/h6-7,10-11H,5,8-9H2,1-4H3,(H,20,24)(H,21,22). The first-order chi connectivity index (χ1) is 12.7. The number of nitrogens with one attached hydrogen (secondary N) is 2. The van der Waals surface area contributed by atoms with Crippen molar-refractivity contribution in [2.75, 3.05) is 18.5 Å². The number of rotatable bonds is 7. The van der Waals surface area contributed by atoms with E-state index in [1.807, 2.05) is 0 Å². The lowest BCUT2D eigenvalue weighted by Crippen LogP contribution is -2.36. The van der Waals surface area contributed by atoms with E-state index in [1.165, 1.54) is 17.6 Å². The Bertz CT molecular complexity index is 803. The second kappa shape index (κ2) is 8.85. The van der Waals surface area contributed by atoms with E-state index >= 15 is 0 Å². The molecule has 2 amide bonds. The summed E-state index contributed by atoms with van der Waals surface area (Å²) in [6.45, 7) is 7.56. The first-order valence-corrected chi connectivity index (χ1v) is 9.52. The van der Waals surface area contributed by atoms with Crippen LogP contribution in [-0.4, -0.2) is 30.9 Å². The smallest absolute Gasteiger partial charge is 0.341 e. The summed E-state index contributed by atoms with van der Waals surface area (Å²) in [5.74, 6) is -0.435. The van der Waals surface area contributed by atoms with Crippen molar-refractivity contribution in [1.82, 2.24) is 5.32 Å². The van der Waals surface area contributed by atoms with E-state index in [1.54, 1.807) is 45.2 Å². The van der Waals surface area contributed by atoms with Gasteiger partial charge in [0.05, 0.1) is 12.9 Å². The van der Waals surface area contributed by atoms with Gasteiger partial charge in [0.2, 0.25) is 11.8 Å². The molecule has 0 aliphatic heterocycles. The van der Waals surface area contributed by atoms with Gasteiger partial charge in [-0.05, 0) is 19.1 Å². The molecule has 8 heteroatoms. The molecule has 2 aromatic heterocycles. The molecule has 27 heavy (non-hydrogen) atoms. The molecule has 0 aliphatic carbocycles. The van der Waals surface area contributed by atoms with Crippen LogP contribution in [0, 0.1) is 5.41 Å². The van der Waals surface area contributed by atoms with Gasteiger partial charge < -0.3 is 19.8 Å². The summed E-state index contributed by atoms with van der Waals surface area (Å²) in [4.78, 5) is 36.5. The maximum absolute atomic E-state index is 12.4. The van der Waals surface area contributed by atoms with Gasteiger partial charge in [-0.25, -0.2) is 4.79 Å². The lowest BCUT2D eigenvalue weighted by molar-refractivity contribution is -0.128. The molecule has 0 fully saturated rings. The van der Waals surface area contributed by atoms with E-state index in [0.717, 1.165) is 0 Å². The maximum Gasteiger partial charge on any atom is 0.341 e. The Hall–Kier alpha value is -2.61. The van der Waals surface area contributed by atoms with Gasteiger partial charge in [-0.1, -0.05) is 20.8 Å². The molecule has 2 heterocycles. The van der Waals surface area contributed by atoms with Crippen molar-refractivity contribution in [3.05, 3.63) is 29.3 Å². The molecule has 0 atom stereocenters. The fraction of sp³-hybridized carbons (Fsp3) is 0.421. The van der Waals surface area contributed by atoms with Crippen LogP contribution in [0.3, 0.4) is 0 Å². The SMILES string of the molecule is CCOC(=O)c1c(-c2ccco2)csc1NC(=O)CCNC(=O)C(C)(C)C. The third kappa shape index (κ3) is 5.43. The van der Waals surface area contributed by atoms with Gasteiger partial charge >= 0.3 is 5.97 Å². The minimum Gasteiger partial charge on any atom is -0.464 e. The highest BCUT2D eigenvalue weighted by Crippen LogP contribution is 2.36. The Kier molecular flexibility index (Phi) is 6.79. The Morgan fingerprint density at radius 1 is 1.26 bits per heavy atom. The molecule has 0 bridgehead atoms. The van der Waals surface area contributed by atoms with Crippen molar-refractivity contribution >= 4 is 34.1 Å². The predicted octanol–water partition coefficient (Wildman–Crippen LogP) is 3.68. The molecule has 2 rings (SSSR count). The molecule has 0 saturated carbocycles. The molecule has 0 radical (unpaired) electrons. The summed E-state index contributed by atoms with van der Waals surface area (Å²) >= 11 is 1.22. The van der Waals surface area contributed by atoms with Crippen LogP contribution in [0.5, 0.6) is 0 Å². The van der Waals surface area contributed by atoms with Crippen LogP contribution in [0.2, 0.25) is 0 Å². The molecular weight excluding hydrogens is 368 g/mol. The maximum atomic E-state index is 12.4. The van der Waals surface area contributed by atoms with Crippen LogP contribution in [0.25, 0.3) is 11.3 Å². The molecule has 0 spiro atoms. The number of ether oxygens (including phenoxy) is 1. The third-order valence-corrected chi connectivity index (χ3v) is 4.52. The van der Waals surface area contributed by atoms with Crippen LogP contribution in [0.4, 0.5) is 5.00 Å². The number of amides is 2. The number of carbonyl (C=O) groups excluding carboxylic acids is 3. The summed E-state index contributed by atoms with van der Waals surface area (Å²) in [5, 5.41) is 7.59. The van der Waals surface area contributed by atoms with Gasteiger partial charge in [0.1, 0.15) is 16.3 Å². The summed E-state index contributed by atoms with van der Waals surface area (Å²) in [6, 6.07) is 3.45. The molecule has 0 aliphatic rings. The van der Waals surface area contributed by atoms with Crippen LogP contribution in [-0.2, 0) is 14.3 Å². The zero-order chi connectivity index (χ0) is 20.0. The molecule has 2 aromatic rings. The zero-order valence-corrected chi connectivity index (χ0v) is 16.7. The molecule has 0 saturated heterocycles.